The van der Waals surface area contributed by atoms with Crippen molar-refractivity contribution in [3.05, 3.63) is 64.7 Å². The Morgan fingerprint density at radius 2 is 1.68 bits per heavy atom. The molecule has 2 aromatic rings. The van der Waals surface area contributed by atoms with Crippen molar-refractivity contribution in [1.82, 2.24) is 4.90 Å². The molecule has 2 aromatic carbocycles. The van der Waals surface area contributed by atoms with Crippen LogP contribution in [0.2, 0.25) is 0 Å². The third kappa shape index (κ3) is 4.93. The fourth-order valence-electron chi connectivity index (χ4n) is 3.71. The molecule has 1 fully saturated rings. The van der Waals surface area contributed by atoms with Crippen LogP contribution in [0.3, 0.4) is 0 Å². The Balaban J connectivity index is 1.52. The zero-order chi connectivity index (χ0) is 17.8. The summed E-state index contributed by atoms with van der Waals surface area (Å²) in [5.74, 6) is 0.287. The van der Waals surface area contributed by atoms with E-state index in [0.29, 0.717) is 0 Å². The summed E-state index contributed by atoms with van der Waals surface area (Å²) in [5, 5.41) is 3.11. The second-order valence-electron chi connectivity index (χ2n) is 7.41. The Hall–Kier alpha value is -2.13. The quantitative estimate of drug-likeness (QED) is 0.894. The lowest BCUT2D eigenvalue weighted by Gasteiger charge is -2.31. The van der Waals surface area contributed by atoms with Gasteiger partial charge in [0.15, 0.2) is 0 Å². The van der Waals surface area contributed by atoms with E-state index >= 15 is 0 Å². The van der Waals surface area contributed by atoms with Gasteiger partial charge in [-0.1, -0.05) is 35.9 Å². The highest BCUT2D eigenvalue weighted by molar-refractivity contribution is 5.92. The molecule has 0 aliphatic carbocycles. The number of carbonyl (C=O) groups is 1. The standard InChI is InChI=1S/C22H28N2O/c1-16-5-4-6-19(12-16)15-24-9-7-20(8-10-24)22(25)23-21-13-17(2)11-18(3)14-21/h4-6,11-14,20H,7-10,15H2,1-3H3,(H,23,25). The maximum Gasteiger partial charge on any atom is 0.227 e. The SMILES string of the molecule is Cc1cccc(CN2CCC(C(=O)Nc3cc(C)cc(C)c3)CC2)c1. The number of benzene rings is 2. The molecule has 3 rings (SSSR count). The van der Waals surface area contributed by atoms with E-state index in [1.807, 2.05) is 12.1 Å². The predicted octanol–water partition coefficient (Wildman–Crippen LogP) is 4.46. The first-order valence-electron chi connectivity index (χ1n) is 9.16. The number of piperidine rings is 1. The molecule has 132 valence electrons. The van der Waals surface area contributed by atoms with Crippen molar-refractivity contribution in [3.63, 3.8) is 0 Å². The molecule has 0 bridgehead atoms. The van der Waals surface area contributed by atoms with Gasteiger partial charge in [0, 0.05) is 18.2 Å². The fraction of sp³-hybridized carbons (Fsp3) is 0.409. The molecule has 0 saturated carbocycles. The third-order valence-corrected chi connectivity index (χ3v) is 4.94. The number of aryl methyl sites for hydroxylation is 3. The molecule has 3 nitrogen and oxygen atoms in total. The number of nitrogens with zero attached hydrogens (tertiary/aromatic N) is 1. The molecule has 1 heterocycles. The van der Waals surface area contributed by atoms with Crippen LogP contribution in [0.15, 0.2) is 42.5 Å². The van der Waals surface area contributed by atoms with E-state index in [-0.39, 0.29) is 11.8 Å². The van der Waals surface area contributed by atoms with Crippen molar-refractivity contribution in [2.24, 2.45) is 5.92 Å². The number of anilines is 1. The first-order valence-corrected chi connectivity index (χ1v) is 9.16. The monoisotopic (exact) mass is 336 g/mol. The van der Waals surface area contributed by atoms with Crippen LogP contribution in [-0.2, 0) is 11.3 Å². The van der Waals surface area contributed by atoms with E-state index in [2.05, 4.69) is 61.3 Å². The molecule has 0 spiro atoms. The second-order valence-corrected chi connectivity index (χ2v) is 7.41. The zero-order valence-electron chi connectivity index (χ0n) is 15.5. The summed E-state index contributed by atoms with van der Waals surface area (Å²) in [6.07, 6.45) is 1.87. The van der Waals surface area contributed by atoms with Gasteiger partial charge < -0.3 is 5.32 Å². The van der Waals surface area contributed by atoms with E-state index in [1.54, 1.807) is 0 Å². The van der Waals surface area contributed by atoms with Gasteiger partial charge in [0.1, 0.15) is 0 Å². The minimum absolute atomic E-state index is 0.120. The van der Waals surface area contributed by atoms with Crippen LogP contribution in [0.4, 0.5) is 5.69 Å². The lowest BCUT2D eigenvalue weighted by Crippen LogP contribution is -2.37. The Morgan fingerprint density at radius 1 is 1.00 bits per heavy atom. The van der Waals surface area contributed by atoms with Gasteiger partial charge in [-0.2, -0.15) is 0 Å². The minimum Gasteiger partial charge on any atom is -0.326 e. The van der Waals surface area contributed by atoms with E-state index in [4.69, 9.17) is 0 Å². The highest BCUT2D eigenvalue weighted by atomic mass is 16.1. The van der Waals surface area contributed by atoms with Gasteiger partial charge in [-0.25, -0.2) is 0 Å². The molecule has 1 N–H and O–H groups in total. The number of rotatable bonds is 4. The molecular weight excluding hydrogens is 308 g/mol. The fourth-order valence-corrected chi connectivity index (χ4v) is 3.71. The molecular formula is C22H28N2O. The van der Waals surface area contributed by atoms with Gasteiger partial charge in [0.2, 0.25) is 5.91 Å². The normalized spacial score (nSPS) is 16.0. The van der Waals surface area contributed by atoms with Crippen LogP contribution in [0.25, 0.3) is 0 Å². The molecule has 3 heteroatoms. The Morgan fingerprint density at radius 3 is 2.32 bits per heavy atom. The average molecular weight is 336 g/mol. The molecule has 1 aliphatic rings. The van der Waals surface area contributed by atoms with Crippen molar-refractivity contribution in [1.29, 1.82) is 0 Å². The van der Waals surface area contributed by atoms with Crippen LogP contribution >= 0.6 is 0 Å². The number of hydrogen-bond acceptors (Lipinski definition) is 2. The minimum atomic E-state index is 0.120. The van der Waals surface area contributed by atoms with Crippen LogP contribution in [-0.4, -0.2) is 23.9 Å². The maximum absolute atomic E-state index is 12.6. The first-order chi connectivity index (χ1) is 12.0. The second kappa shape index (κ2) is 7.83. The summed E-state index contributed by atoms with van der Waals surface area (Å²) in [5.41, 5.74) is 5.95. The van der Waals surface area contributed by atoms with Gasteiger partial charge in [-0.3, -0.25) is 9.69 Å². The van der Waals surface area contributed by atoms with Crippen molar-refractivity contribution in [2.45, 2.75) is 40.2 Å². The van der Waals surface area contributed by atoms with Crippen LogP contribution in [0, 0.1) is 26.7 Å². The third-order valence-electron chi connectivity index (χ3n) is 4.94. The molecule has 1 saturated heterocycles. The number of amides is 1. The smallest absolute Gasteiger partial charge is 0.227 e. The van der Waals surface area contributed by atoms with Crippen molar-refractivity contribution < 1.29 is 4.79 Å². The molecule has 0 unspecified atom stereocenters. The van der Waals surface area contributed by atoms with E-state index in [0.717, 1.165) is 38.2 Å². The van der Waals surface area contributed by atoms with Crippen LogP contribution < -0.4 is 5.32 Å². The molecule has 0 atom stereocenters. The van der Waals surface area contributed by atoms with Gasteiger partial charge in [-0.15, -0.1) is 0 Å². The maximum atomic E-state index is 12.6. The average Bonchev–Trinajstić information content (AvgIpc) is 2.54. The van der Waals surface area contributed by atoms with Gasteiger partial charge >= 0.3 is 0 Å². The lowest BCUT2D eigenvalue weighted by molar-refractivity contribution is -0.121. The predicted molar refractivity (Wildman–Crippen MR) is 104 cm³/mol. The lowest BCUT2D eigenvalue weighted by atomic mass is 9.95. The molecule has 0 radical (unpaired) electrons. The number of carbonyl (C=O) groups excluding carboxylic acids is 1. The van der Waals surface area contributed by atoms with Crippen LogP contribution in [0.5, 0.6) is 0 Å². The van der Waals surface area contributed by atoms with Crippen molar-refractivity contribution in [3.8, 4) is 0 Å². The highest BCUT2D eigenvalue weighted by Crippen LogP contribution is 2.22. The highest BCUT2D eigenvalue weighted by Gasteiger charge is 2.25. The summed E-state index contributed by atoms with van der Waals surface area (Å²) < 4.78 is 0. The summed E-state index contributed by atoms with van der Waals surface area (Å²) in [6, 6.07) is 14.9. The largest absolute Gasteiger partial charge is 0.326 e. The number of likely N-dealkylation sites (tertiary alicyclic amines) is 1. The van der Waals surface area contributed by atoms with Gasteiger partial charge in [0.05, 0.1) is 0 Å². The number of hydrogen-bond donors (Lipinski definition) is 1. The van der Waals surface area contributed by atoms with E-state index < -0.39 is 0 Å². The number of nitrogens with one attached hydrogen (secondary N) is 1. The van der Waals surface area contributed by atoms with Crippen molar-refractivity contribution in [2.75, 3.05) is 18.4 Å². The summed E-state index contributed by atoms with van der Waals surface area (Å²) in [6.45, 7) is 9.21. The Labute approximate surface area is 151 Å². The van der Waals surface area contributed by atoms with Crippen LogP contribution in [0.1, 0.15) is 35.1 Å². The molecule has 1 aliphatic heterocycles. The van der Waals surface area contributed by atoms with Crippen molar-refractivity contribution >= 4 is 11.6 Å². The van der Waals surface area contributed by atoms with Gasteiger partial charge in [0.25, 0.3) is 0 Å². The molecule has 25 heavy (non-hydrogen) atoms. The molecule has 0 aromatic heterocycles. The Kier molecular flexibility index (Phi) is 5.54. The first kappa shape index (κ1) is 17.7. The zero-order valence-corrected chi connectivity index (χ0v) is 15.5. The Bertz CT molecular complexity index is 725. The molecule has 1 amide bonds. The summed E-state index contributed by atoms with van der Waals surface area (Å²) in [7, 11) is 0. The van der Waals surface area contributed by atoms with E-state index in [9.17, 15) is 4.79 Å². The topological polar surface area (TPSA) is 32.3 Å². The summed E-state index contributed by atoms with van der Waals surface area (Å²) >= 11 is 0. The summed E-state index contributed by atoms with van der Waals surface area (Å²) in [4.78, 5) is 15.0. The van der Waals surface area contributed by atoms with E-state index in [1.165, 1.54) is 22.3 Å². The van der Waals surface area contributed by atoms with Gasteiger partial charge in [-0.05, 0) is 75.5 Å².